The Kier molecular flexibility index (Phi) is 10.4. The van der Waals surface area contributed by atoms with E-state index in [0.29, 0.717) is 0 Å². The highest BCUT2D eigenvalue weighted by Crippen LogP contribution is 2.44. The van der Waals surface area contributed by atoms with Crippen molar-refractivity contribution in [2.75, 3.05) is 0 Å². The van der Waals surface area contributed by atoms with E-state index in [4.69, 9.17) is 9.97 Å². The standard InChI is InChI=1S/C70H75BN4/c1-65(2,3)43-25-27-57-51(37-43)49-21-19-23-53-62(49)74(57)59-33-41(34-60-61(59)71(53)54-24-20-22-50-52-38-44(66(4,5)6)26-28-58(52)75(60)63(50)54)56-39-55(40-29-45(67(7,8)9)35-46(30-40)68(10,11)12)72-64(73-56)42-31-47(69(13,14)15)36-48(32-42)70(16,17)18/h19-39H,1-18H3. The number of hydrogen-bond acceptors (Lipinski definition) is 2. The third-order valence-electron chi connectivity index (χ3n) is 16.8. The number of fused-ring (bicyclic) bond motifs is 10. The maximum Gasteiger partial charge on any atom is 0.252 e. The zero-order chi connectivity index (χ0) is 53.4. The van der Waals surface area contributed by atoms with Crippen LogP contribution in [0.15, 0.2) is 127 Å². The second-order valence-electron chi connectivity index (χ2n) is 28.5. The Morgan fingerprint density at radius 3 is 1.07 bits per heavy atom. The van der Waals surface area contributed by atoms with Crippen LogP contribution in [0.2, 0.25) is 0 Å². The Balaban J connectivity index is 1.23. The fourth-order valence-electron chi connectivity index (χ4n) is 12.1. The topological polar surface area (TPSA) is 35.6 Å². The van der Waals surface area contributed by atoms with Crippen molar-refractivity contribution in [3.8, 4) is 45.3 Å². The molecular weight excluding hydrogens is 908 g/mol. The third kappa shape index (κ3) is 7.84. The minimum absolute atomic E-state index is 0.000288. The monoisotopic (exact) mass is 983 g/mol. The molecule has 2 aliphatic heterocycles. The van der Waals surface area contributed by atoms with Crippen LogP contribution in [-0.2, 0) is 32.5 Å². The fraction of sp³-hybridized carbons (Fsp3) is 0.343. The van der Waals surface area contributed by atoms with E-state index in [2.05, 4.69) is 261 Å². The molecule has 2 aliphatic rings. The van der Waals surface area contributed by atoms with Gasteiger partial charge in [-0.25, -0.2) is 9.97 Å². The predicted molar refractivity (Wildman–Crippen MR) is 324 cm³/mol. The summed E-state index contributed by atoms with van der Waals surface area (Å²) in [5, 5.41) is 5.19. The van der Waals surface area contributed by atoms with E-state index in [0.717, 1.165) is 33.9 Å². The Bertz CT molecular complexity index is 3740. The number of hydrogen-bond donors (Lipinski definition) is 0. The summed E-state index contributed by atoms with van der Waals surface area (Å²) in [7, 11) is 0. The molecule has 0 saturated carbocycles. The lowest BCUT2D eigenvalue weighted by Crippen LogP contribution is -2.59. The van der Waals surface area contributed by atoms with E-state index in [1.54, 1.807) is 0 Å². The molecule has 5 heterocycles. The van der Waals surface area contributed by atoms with Crippen molar-refractivity contribution in [3.63, 3.8) is 0 Å². The molecule has 7 aromatic carbocycles. The first-order valence-electron chi connectivity index (χ1n) is 27.5. The van der Waals surface area contributed by atoms with Crippen molar-refractivity contribution < 1.29 is 0 Å². The molecule has 0 saturated heterocycles. The van der Waals surface area contributed by atoms with Gasteiger partial charge in [-0.05, 0) is 149 Å². The first-order valence-corrected chi connectivity index (χ1v) is 27.5. The van der Waals surface area contributed by atoms with Gasteiger partial charge in [0.1, 0.15) is 0 Å². The minimum Gasteiger partial charge on any atom is -0.310 e. The van der Waals surface area contributed by atoms with Gasteiger partial charge in [0, 0.05) is 60.6 Å². The largest absolute Gasteiger partial charge is 0.310 e. The Hall–Kier alpha value is -6.72. The van der Waals surface area contributed by atoms with E-state index in [1.807, 2.05) is 0 Å². The van der Waals surface area contributed by atoms with Crippen LogP contribution in [0, 0.1) is 0 Å². The van der Waals surface area contributed by atoms with E-state index >= 15 is 0 Å². The van der Waals surface area contributed by atoms with Crippen LogP contribution >= 0.6 is 0 Å². The number of rotatable bonds is 3. The van der Waals surface area contributed by atoms with Crippen LogP contribution in [0.3, 0.4) is 0 Å². The van der Waals surface area contributed by atoms with Crippen molar-refractivity contribution in [1.29, 1.82) is 0 Å². The average molecular weight is 983 g/mol. The van der Waals surface area contributed by atoms with Gasteiger partial charge in [-0.15, -0.1) is 0 Å². The Morgan fingerprint density at radius 2 is 0.693 bits per heavy atom. The first-order chi connectivity index (χ1) is 34.9. The van der Waals surface area contributed by atoms with Gasteiger partial charge in [0.2, 0.25) is 0 Å². The van der Waals surface area contributed by atoms with Crippen LogP contribution < -0.4 is 16.4 Å². The summed E-state index contributed by atoms with van der Waals surface area (Å²) in [4.78, 5) is 11.5. The second-order valence-corrected chi connectivity index (χ2v) is 28.5. The molecule has 3 aromatic heterocycles. The van der Waals surface area contributed by atoms with Gasteiger partial charge in [0.15, 0.2) is 5.82 Å². The quantitative estimate of drug-likeness (QED) is 0.165. The molecule has 0 unspecified atom stereocenters. The molecule has 0 N–H and O–H groups in total. The van der Waals surface area contributed by atoms with Crippen LogP contribution in [-0.4, -0.2) is 25.8 Å². The molecular formula is C70H75BN4. The van der Waals surface area contributed by atoms with Crippen molar-refractivity contribution in [2.24, 2.45) is 0 Å². The van der Waals surface area contributed by atoms with E-state index in [9.17, 15) is 0 Å². The van der Waals surface area contributed by atoms with Gasteiger partial charge in [-0.2, -0.15) is 0 Å². The minimum atomic E-state index is -0.0829. The summed E-state index contributed by atoms with van der Waals surface area (Å²) in [6.07, 6.45) is 0. The molecule has 75 heavy (non-hydrogen) atoms. The Morgan fingerprint density at radius 1 is 0.333 bits per heavy atom. The molecule has 0 aliphatic carbocycles. The fourth-order valence-corrected chi connectivity index (χ4v) is 12.1. The summed E-state index contributed by atoms with van der Waals surface area (Å²) < 4.78 is 5.21. The summed E-state index contributed by atoms with van der Waals surface area (Å²) in [5.41, 5.74) is 24.1. The molecule has 0 atom stereocenters. The maximum atomic E-state index is 5.78. The van der Waals surface area contributed by atoms with Gasteiger partial charge in [0.05, 0.1) is 22.4 Å². The molecule has 378 valence electrons. The van der Waals surface area contributed by atoms with Gasteiger partial charge in [0.25, 0.3) is 6.71 Å². The van der Waals surface area contributed by atoms with E-state index in [1.165, 1.54) is 105 Å². The highest BCUT2D eigenvalue weighted by Gasteiger charge is 2.41. The Labute approximate surface area is 446 Å². The van der Waals surface area contributed by atoms with Gasteiger partial charge in [-0.1, -0.05) is 185 Å². The molecule has 0 amide bonds. The lowest BCUT2D eigenvalue weighted by atomic mass is 9.34. The van der Waals surface area contributed by atoms with Gasteiger partial charge < -0.3 is 9.13 Å². The molecule has 4 nitrogen and oxygen atoms in total. The number of nitrogens with zero attached hydrogens (tertiary/aromatic N) is 4. The lowest BCUT2D eigenvalue weighted by molar-refractivity contribution is 0.568. The third-order valence-corrected chi connectivity index (χ3v) is 16.8. The van der Waals surface area contributed by atoms with Crippen molar-refractivity contribution in [2.45, 2.75) is 157 Å². The van der Waals surface area contributed by atoms with Gasteiger partial charge >= 0.3 is 0 Å². The smallest absolute Gasteiger partial charge is 0.252 e. The van der Waals surface area contributed by atoms with Crippen LogP contribution in [0.5, 0.6) is 0 Å². The molecule has 12 rings (SSSR count). The number of benzene rings is 7. The highest BCUT2D eigenvalue weighted by molar-refractivity contribution is 7.00. The SMILES string of the molecule is CC(C)(C)c1cc(-c2cc(-c3cc4c5c(c3)-n3c6ccc(C(C)(C)C)cc6c6cccc(c63)B5c3cccc5c6cc(C(C)(C)C)ccc6n-4c35)nc(-c3cc(C(C)(C)C)cc(C(C)(C)C)c3)n2)cc(C(C)(C)C)c1. The summed E-state index contributed by atoms with van der Waals surface area (Å²) >= 11 is 0. The first kappa shape index (κ1) is 49.2. The molecule has 0 bridgehead atoms. The summed E-state index contributed by atoms with van der Waals surface area (Å²) in [5.74, 6) is 0.740. The molecule has 0 fully saturated rings. The summed E-state index contributed by atoms with van der Waals surface area (Å²) in [6.45, 7) is 41.8. The maximum absolute atomic E-state index is 5.78. The predicted octanol–water partition coefficient (Wildman–Crippen LogP) is 16.6. The second kappa shape index (κ2) is 15.9. The average Bonchev–Trinajstić information content (AvgIpc) is 3.93. The highest BCUT2D eigenvalue weighted by atomic mass is 15.0. The molecule has 0 spiro atoms. The van der Waals surface area contributed by atoms with E-state index < -0.39 is 0 Å². The molecule has 10 aromatic rings. The van der Waals surface area contributed by atoms with Crippen molar-refractivity contribution in [3.05, 3.63) is 161 Å². The van der Waals surface area contributed by atoms with Crippen LogP contribution in [0.4, 0.5) is 0 Å². The summed E-state index contributed by atoms with van der Waals surface area (Å²) in [6, 6.07) is 50.0. The number of para-hydroxylation sites is 2. The normalized spacial score (nSPS) is 14.0. The van der Waals surface area contributed by atoms with Gasteiger partial charge in [-0.3, -0.25) is 0 Å². The van der Waals surface area contributed by atoms with Crippen molar-refractivity contribution in [1.82, 2.24) is 19.1 Å². The van der Waals surface area contributed by atoms with Crippen molar-refractivity contribution >= 4 is 66.7 Å². The van der Waals surface area contributed by atoms with Crippen LogP contribution in [0.25, 0.3) is 88.9 Å². The van der Waals surface area contributed by atoms with Crippen LogP contribution in [0.1, 0.15) is 158 Å². The van der Waals surface area contributed by atoms with E-state index in [-0.39, 0.29) is 39.2 Å². The number of aromatic nitrogens is 4. The zero-order valence-corrected chi connectivity index (χ0v) is 48.0. The lowest BCUT2D eigenvalue weighted by Gasteiger charge is -2.34. The zero-order valence-electron chi connectivity index (χ0n) is 48.0. The molecule has 0 radical (unpaired) electrons. The molecule has 5 heteroatoms.